The van der Waals surface area contributed by atoms with Crippen LogP contribution in [-0.4, -0.2) is 46.9 Å². The molecular weight excluding hydrogens is 683 g/mol. The molecule has 0 aliphatic carbocycles. The summed E-state index contributed by atoms with van der Waals surface area (Å²) >= 11 is 0. The number of hydrogen-bond acceptors (Lipinski definition) is 5. The van der Waals surface area contributed by atoms with Crippen LogP contribution in [0.15, 0.2) is 60.8 Å². The highest BCUT2D eigenvalue weighted by molar-refractivity contribution is 5.77. The topological polar surface area (TPSA) is 95.9 Å². The van der Waals surface area contributed by atoms with Crippen molar-refractivity contribution >= 4 is 11.9 Å². The minimum Gasteiger partial charge on any atom is -0.462 e. The zero-order valence-electron chi connectivity index (χ0n) is 36.0. The molecule has 0 aromatic carbocycles. The molecule has 3 unspecified atom stereocenters. The summed E-state index contributed by atoms with van der Waals surface area (Å²) in [6.45, 7) is 6.28. The van der Waals surface area contributed by atoms with Gasteiger partial charge in [0.05, 0.1) is 25.2 Å². The van der Waals surface area contributed by atoms with Gasteiger partial charge in [-0.25, -0.2) is 0 Å². The molecule has 1 amide bonds. The number of hydrogen-bond donors (Lipinski definition) is 3. The van der Waals surface area contributed by atoms with Crippen molar-refractivity contribution in [2.45, 2.75) is 232 Å². The smallest absolute Gasteiger partial charge is 0.306 e. The summed E-state index contributed by atoms with van der Waals surface area (Å²) in [6.07, 6.45) is 51.4. The zero-order chi connectivity index (χ0) is 40.3. The van der Waals surface area contributed by atoms with Gasteiger partial charge in [-0.15, -0.1) is 0 Å². The van der Waals surface area contributed by atoms with Gasteiger partial charge in [0, 0.05) is 6.42 Å². The zero-order valence-corrected chi connectivity index (χ0v) is 36.0. The number of carbonyl (C=O) groups excluding carboxylic acids is 2. The summed E-state index contributed by atoms with van der Waals surface area (Å²) in [5.41, 5.74) is 0. The first-order chi connectivity index (χ1) is 27.0. The maximum atomic E-state index is 13.1. The summed E-state index contributed by atoms with van der Waals surface area (Å²) in [5, 5.41) is 23.6. The lowest BCUT2D eigenvalue weighted by Crippen LogP contribution is -2.46. The molecule has 0 fully saturated rings. The average molecular weight is 770 g/mol. The van der Waals surface area contributed by atoms with Crippen LogP contribution in [0.25, 0.3) is 0 Å². The Morgan fingerprint density at radius 2 is 0.982 bits per heavy atom. The predicted molar refractivity (Wildman–Crippen MR) is 236 cm³/mol. The number of allylic oxidation sites excluding steroid dienone is 10. The molecule has 0 spiro atoms. The van der Waals surface area contributed by atoms with Gasteiger partial charge in [-0.1, -0.05) is 223 Å². The molecule has 3 N–H and O–H groups in total. The van der Waals surface area contributed by atoms with E-state index in [1.54, 1.807) is 0 Å². The molecule has 0 radical (unpaired) electrons. The van der Waals surface area contributed by atoms with Crippen LogP contribution in [0.5, 0.6) is 0 Å². The van der Waals surface area contributed by atoms with Crippen LogP contribution in [0.2, 0.25) is 0 Å². The van der Waals surface area contributed by atoms with E-state index in [2.05, 4.69) is 38.2 Å². The Labute approximate surface area is 339 Å². The fourth-order valence-electron chi connectivity index (χ4n) is 6.75. The summed E-state index contributed by atoms with van der Waals surface area (Å²) in [6, 6.07) is -0.722. The highest BCUT2D eigenvalue weighted by Crippen LogP contribution is 2.17. The molecule has 0 heterocycles. The maximum absolute atomic E-state index is 13.1. The van der Waals surface area contributed by atoms with Crippen LogP contribution in [-0.2, 0) is 14.3 Å². The minimum atomic E-state index is -0.804. The van der Waals surface area contributed by atoms with Gasteiger partial charge in [-0.2, -0.15) is 0 Å². The third-order valence-electron chi connectivity index (χ3n) is 10.2. The van der Waals surface area contributed by atoms with Crippen LogP contribution < -0.4 is 5.32 Å². The molecule has 0 saturated heterocycles. The Morgan fingerprint density at radius 1 is 0.545 bits per heavy atom. The van der Waals surface area contributed by atoms with Crippen molar-refractivity contribution in [2.24, 2.45) is 0 Å². The lowest BCUT2D eigenvalue weighted by Gasteiger charge is -2.24. The van der Waals surface area contributed by atoms with Gasteiger partial charge in [-0.05, 0) is 38.5 Å². The molecule has 0 bridgehead atoms. The van der Waals surface area contributed by atoms with E-state index in [0.29, 0.717) is 19.3 Å². The van der Waals surface area contributed by atoms with Crippen LogP contribution >= 0.6 is 0 Å². The van der Waals surface area contributed by atoms with E-state index in [0.717, 1.165) is 57.8 Å². The number of esters is 1. The SMILES string of the molecule is CC/C=C/C=C/C=C\C=C/C=C/CCCC(CC(=O)NC(CO)C(O)CCCCCCCCCCC)OC(=O)CCCCCCCCCCCCCCCC. The van der Waals surface area contributed by atoms with Gasteiger partial charge >= 0.3 is 5.97 Å². The fourth-order valence-corrected chi connectivity index (χ4v) is 6.75. The summed E-state index contributed by atoms with van der Waals surface area (Å²) < 4.78 is 5.87. The predicted octanol–water partition coefficient (Wildman–Crippen LogP) is 13.3. The number of aliphatic hydroxyl groups excluding tert-OH is 2. The molecule has 0 saturated carbocycles. The molecular formula is C49H87NO5. The highest BCUT2D eigenvalue weighted by atomic mass is 16.5. The van der Waals surface area contributed by atoms with E-state index < -0.39 is 18.2 Å². The molecule has 6 nitrogen and oxygen atoms in total. The number of unbranched alkanes of at least 4 members (excludes halogenated alkanes) is 22. The van der Waals surface area contributed by atoms with Crippen LogP contribution in [0.4, 0.5) is 0 Å². The molecule has 0 aliphatic heterocycles. The van der Waals surface area contributed by atoms with E-state index in [1.807, 2.05) is 48.6 Å². The van der Waals surface area contributed by atoms with Gasteiger partial charge in [-0.3, -0.25) is 9.59 Å². The number of amides is 1. The van der Waals surface area contributed by atoms with E-state index in [-0.39, 0.29) is 24.9 Å². The van der Waals surface area contributed by atoms with E-state index in [1.165, 1.54) is 109 Å². The Morgan fingerprint density at radius 3 is 1.45 bits per heavy atom. The summed E-state index contributed by atoms with van der Waals surface area (Å²) in [5.74, 6) is -0.547. The lowest BCUT2D eigenvalue weighted by atomic mass is 10.0. The number of nitrogens with one attached hydrogen (secondary N) is 1. The van der Waals surface area contributed by atoms with Crippen LogP contribution in [0.1, 0.15) is 213 Å². The molecule has 3 atom stereocenters. The van der Waals surface area contributed by atoms with Gasteiger partial charge < -0.3 is 20.3 Å². The van der Waals surface area contributed by atoms with Gasteiger partial charge in [0.2, 0.25) is 5.91 Å². The third-order valence-corrected chi connectivity index (χ3v) is 10.2. The lowest BCUT2D eigenvalue weighted by molar-refractivity contribution is -0.151. The fraction of sp³-hybridized carbons (Fsp3) is 0.755. The molecule has 0 aromatic rings. The first-order valence-corrected chi connectivity index (χ1v) is 23.1. The Kier molecular flexibility index (Phi) is 40.8. The molecule has 0 rings (SSSR count). The monoisotopic (exact) mass is 770 g/mol. The number of carbonyl (C=O) groups is 2. The molecule has 0 aliphatic rings. The standard InChI is InChI=1S/C49H87NO5/c1-4-7-10-13-16-19-21-23-25-27-30-33-36-39-42-49(54)55-45(40-37-34-31-29-26-24-22-20-17-14-11-8-5-2)43-48(53)50-46(44-51)47(52)41-38-35-32-28-18-15-12-9-6-3/h8,11,14,17,20,22,24,26,29,31,45-47,51-52H,4-7,9-10,12-13,15-16,18-19,21,23,25,27-28,30,32-44H2,1-3H3,(H,50,53)/b11-8+,17-14+,22-20-,26-24-,31-29+. The second kappa shape index (κ2) is 42.7. The largest absolute Gasteiger partial charge is 0.462 e. The minimum absolute atomic E-state index is 0.0289. The second-order valence-corrected chi connectivity index (χ2v) is 15.6. The first kappa shape index (κ1) is 52.6. The quantitative estimate of drug-likeness (QED) is 0.0328. The molecule has 55 heavy (non-hydrogen) atoms. The van der Waals surface area contributed by atoms with Crippen molar-refractivity contribution in [1.29, 1.82) is 0 Å². The van der Waals surface area contributed by atoms with Crippen LogP contribution in [0.3, 0.4) is 0 Å². The Hall–Kier alpha value is -2.44. The van der Waals surface area contributed by atoms with E-state index in [9.17, 15) is 19.8 Å². The molecule has 6 heteroatoms. The van der Waals surface area contributed by atoms with Crippen molar-refractivity contribution in [3.05, 3.63) is 60.8 Å². The summed E-state index contributed by atoms with van der Waals surface area (Å²) in [4.78, 5) is 26.0. The van der Waals surface area contributed by atoms with Crippen molar-refractivity contribution in [3.63, 3.8) is 0 Å². The number of aliphatic hydroxyl groups is 2. The van der Waals surface area contributed by atoms with Gasteiger partial charge in [0.25, 0.3) is 0 Å². The summed E-state index contributed by atoms with van der Waals surface area (Å²) in [7, 11) is 0. The average Bonchev–Trinajstić information content (AvgIpc) is 3.18. The van der Waals surface area contributed by atoms with Crippen molar-refractivity contribution < 1.29 is 24.5 Å². The first-order valence-electron chi connectivity index (χ1n) is 23.1. The van der Waals surface area contributed by atoms with Crippen molar-refractivity contribution in [3.8, 4) is 0 Å². The van der Waals surface area contributed by atoms with Crippen molar-refractivity contribution in [2.75, 3.05) is 6.61 Å². The molecule has 318 valence electrons. The van der Waals surface area contributed by atoms with Gasteiger partial charge in [0.15, 0.2) is 0 Å². The highest BCUT2D eigenvalue weighted by Gasteiger charge is 2.24. The third kappa shape index (κ3) is 38.2. The number of rotatable bonds is 40. The Bertz CT molecular complexity index is 999. The van der Waals surface area contributed by atoms with E-state index in [4.69, 9.17) is 4.74 Å². The van der Waals surface area contributed by atoms with Crippen LogP contribution in [0, 0.1) is 0 Å². The Balaban J connectivity index is 4.71. The second-order valence-electron chi connectivity index (χ2n) is 15.6. The maximum Gasteiger partial charge on any atom is 0.306 e. The van der Waals surface area contributed by atoms with Gasteiger partial charge in [0.1, 0.15) is 6.10 Å². The van der Waals surface area contributed by atoms with E-state index >= 15 is 0 Å². The number of ether oxygens (including phenoxy) is 1. The van der Waals surface area contributed by atoms with Crippen molar-refractivity contribution in [1.82, 2.24) is 5.32 Å². The normalized spacial score (nSPS) is 13.9. The molecule has 0 aromatic heterocycles.